The van der Waals surface area contributed by atoms with Crippen LogP contribution in [0.1, 0.15) is 36.4 Å². The van der Waals surface area contributed by atoms with E-state index < -0.39 is 17.1 Å². The van der Waals surface area contributed by atoms with Crippen LogP contribution in [0, 0.1) is 6.92 Å². The Morgan fingerprint density at radius 2 is 1.63 bits per heavy atom. The third kappa shape index (κ3) is 4.72. The van der Waals surface area contributed by atoms with E-state index in [1.807, 2.05) is 60.7 Å². The van der Waals surface area contributed by atoms with Crippen LogP contribution in [0.15, 0.2) is 65.6 Å². The maximum atomic E-state index is 13.3. The average Bonchev–Trinajstić information content (AvgIpc) is 3.08. The highest BCUT2D eigenvalue weighted by molar-refractivity contribution is 8.00. The monoisotopic (exact) mass is 440 g/mol. The quantitative estimate of drug-likeness (QED) is 0.419. The lowest BCUT2D eigenvalue weighted by Gasteiger charge is -2.17. The van der Waals surface area contributed by atoms with Crippen molar-refractivity contribution >= 4 is 45.9 Å². The zero-order chi connectivity index (χ0) is 21.7. The maximum absolute atomic E-state index is 13.3. The molecule has 3 rings (SSSR count). The number of carbonyl (C=O) groups is 3. The lowest BCUT2D eigenvalue weighted by molar-refractivity contribution is -0.115. The molecule has 1 heterocycles. The second kappa shape index (κ2) is 9.60. The number of carbonyl (C=O) groups excluding carboxylic acids is 3. The fourth-order valence-electron chi connectivity index (χ4n) is 2.90. The first-order valence-corrected chi connectivity index (χ1v) is 10.7. The summed E-state index contributed by atoms with van der Waals surface area (Å²) in [6.45, 7) is 1.60. The number of amides is 2. The summed E-state index contributed by atoms with van der Waals surface area (Å²) in [5.41, 5.74) is 6.83. The topological polar surface area (TPSA) is 98.5 Å². The van der Waals surface area contributed by atoms with Crippen LogP contribution < -0.4 is 11.1 Å². The molecule has 154 valence electrons. The van der Waals surface area contributed by atoms with Gasteiger partial charge in [0.25, 0.3) is 5.91 Å². The van der Waals surface area contributed by atoms with Crippen molar-refractivity contribution < 1.29 is 19.1 Å². The predicted molar refractivity (Wildman–Crippen MR) is 119 cm³/mol. The predicted octanol–water partition coefficient (Wildman–Crippen LogP) is 4.41. The molecular weight excluding hydrogens is 420 g/mol. The Balaban J connectivity index is 1.96. The van der Waals surface area contributed by atoms with Crippen molar-refractivity contribution in [1.82, 2.24) is 0 Å². The van der Waals surface area contributed by atoms with Crippen LogP contribution in [-0.4, -0.2) is 24.9 Å². The Bertz CT molecular complexity index is 1070. The second-order valence-corrected chi connectivity index (χ2v) is 8.53. The normalized spacial score (nSPS) is 11.5. The molecule has 0 fully saturated rings. The molecule has 1 atom stereocenters. The van der Waals surface area contributed by atoms with Crippen molar-refractivity contribution in [3.8, 4) is 0 Å². The van der Waals surface area contributed by atoms with Gasteiger partial charge in [0.1, 0.15) is 15.1 Å². The van der Waals surface area contributed by atoms with Crippen LogP contribution in [0.4, 0.5) is 5.00 Å². The van der Waals surface area contributed by atoms with Gasteiger partial charge in [-0.2, -0.15) is 0 Å². The van der Waals surface area contributed by atoms with Crippen LogP contribution in [-0.2, 0) is 9.53 Å². The molecule has 1 aromatic heterocycles. The summed E-state index contributed by atoms with van der Waals surface area (Å²) in [6.07, 6.45) is 0. The molecule has 0 aliphatic heterocycles. The van der Waals surface area contributed by atoms with Gasteiger partial charge in [-0.1, -0.05) is 48.5 Å². The lowest BCUT2D eigenvalue weighted by Crippen LogP contribution is -2.21. The van der Waals surface area contributed by atoms with Crippen LogP contribution in [0.5, 0.6) is 0 Å². The van der Waals surface area contributed by atoms with Crippen LogP contribution in [0.25, 0.3) is 0 Å². The number of anilines is 1. The first kappa shape index (κ1) is 21.6. The number of ether oxygens (including phenoxy) is 1. The number of rotatable bonds is 7. The molecule has 6 nitrogen and oxygen atoms in total. The molecule has 0 saturated carbocycles. The first-order chi connectivity index (χ1) is 14.4. The number of thioether (sulfide) groups is 1. The zero-order valence-corrected chi connectivity index (χ0v) is 18.0. The summed E-state index contributed by atoms with van der Waals surface area (Å²) in [7, 11) is 1.26. The summed E-state index contributed by atoms with van der Waals surface area (Å²) in [4.78, 5) is 38.4. The largest absolute Gasteiger partial charge is 0.465 e. The van der Waals surface area contributed by atoms with Gasteiger partial charge in [0.2, 0.25) is 5.91 Å². The summed E-state index contributed by atoms with van der Waals surface area (Å²) in [5.74, 6) is -1.63. The molecule has 0 aliphatic carbocycles. The highest BCUT2D eigenvalue weighted by atomic mass is 32.2. The molecular formula is C22H20N2O4S2. The number of primary amides is 1. The van der Waals surface area contributed by atoms with Crippen LogP contribution in [0.3, 0.4) is 0 Å². The molecule has 2 amide bonds. The van der Waals surface area contributed by atoms with Gasteiger partial charge in [-0.25, -0.2) is 4.79 Å². The summed E-state index contributed by atoms with van der Waals surface area (Å²) in [6, 6.07) is 18.9. The van der Waals surface area contributed by atoms with Gasteiger partial charge in [0, 0.05) is 4.90 Å². The number of hydrogen-bond acceptors (Lipinski definition) is 6. The molecule has 0 saturated heterocycles. The van der Waals surface area contributed by atoms with E-state index in [-0.39, 0.29) is 21.3 Å². The van der Waals surface area contributed by atoms with Crippen molar-refractivity contribution in [1.29, 1.82) is 0 Å². The fourth-order valence-corrected chi connectivity index (χ4v) is 5.08. The van der Waals surface area contributed by atoms with E-state index in [9.17, 15) is 14.4 Å². The summed E-state index contributed by atoms with van der Waals surface area (Å²) >= 11 is 2.37. The minimum atomic E-state index is -0.721. The highest BCUT2D eigenvalue weighted by Gasteiger charge is 2.28. The van der Waals surface area contributed by atoms with E-state index in [1.165, 1.54) is 18.9 Å². The number of thiophene rings is 1. The SMILES string of the molecule is COC(=O)c1sc(NC(=O)[C@@H](Sc2ccccc2)c2ccccc2)c(C(N)=O)c1C. The molecule has 3 aromatic rings. The Morgan fingerprint density at radius 1 is 1.03 bits per heavy atom. The molecule has 30 heavy (non-hydrogen) atoms. The average molecular weight is 441 g/mol. The van der Waals surface area contributed by atoms with Crippen LogP contribution in [0.2, 0.25) is 0 Å². The number of nitrogens with one attached hydrogen (secondary N) is 1. The van der Waals surface area contributed by atoms with Crippen molar-refractivity contribution in [3.05, 3.63) is 82.2 Å². The third-order valence-corrected chi connectivity index (χ3v) is 6.79. The molecule has 2 aromatic carbocycles. The summed E-state index contributed by atoms with van der Waals surface area (Å²) < 4.78 is 4.77. The fraction of sp³-hybridized carbons (Fsp3) is 0.136. The molecule has 0 unspecified atom stereocenters. The lowest BCUT2D eigenvalue weighted by atomic mass is 10.1. The van der Waals surface area contributed by atoms with E-state index in [2.05, 4.69) is 5.32 Å². The van der Waals surface area contributed by atoms with Gasteiger partial charge in [-0.3, -0.25) is 9.59 Å². The minimum Gasteiger partial charge on any atom is -0.465 e. The second-order valence-electron chi connectivity index (χ2n) is 6.33. The van der Waals surface area contributed by atoms with E-state index >= 15 is 0 Å². The van der Waals surface area contributed by atoms with Crippen molar-refractivity contribution in [2.75, 3.05) is 12.4 Å². The number of benzene rings is 2. The van der Waals surface area contributed by atoms with E-state index in [0.29, 0.717) is 5.56 Å². The number of nitrogens with two attached hydrogens (primary N) is 1. The standard InChI is InChI=1S/C22H20N2O4S2/c1-13-16(19(23)25)21(30-17(13)22(27)28-2)24-20(26)18(14-9-5-3-6-10-14)29-15-11-7-4-8-12-15/h3-12,18H,1-2H3,(H2,23,25)(H,24,26)/t18-/m0/s1. The first-order valence-electron chi connectivity index (χ1n) is 9.01. The van der Waals surface area contributed by atoms with Gasteiger partial charge in [-0.05, 0) is 30.2 Å². The Labute approximate surface area is 182 Å². The molecule has 0 radical (unpaired) electrons. The number of methoxy groups -OCH3 is 1. The van der Waals surface area contributed by atoms with E-state index in [1.54, 1.807) is 6.92 Å². The molecule has 8 heteroatoms. The highest BCUT2D eigenvalue weighted by Crippen LogP contribution is 2.38. The van der Waals surface area contributed by atoms with Gasteiger partial charge < -0.3 is 15.8 Å². The smallest absolute Gasteiger partial charge is 0.348 e. The third-order valence-electron chi connectivity index (χ3n) is 4.34. The number of hydrogen-bond donors (Lipinski definition) is 2. The van der Waals surface area contributed by atoms with Crippen molar-refractivity contribution in [3.63, 3.8) is 0 Å². The van der Waals surface area contributed by atoms with E-state index in [4.69, 9.17) is 10.5 Å². The van der Waals surface area contributed by atoms with Crippen molar-refractivity contribution in [2.24, 2.45) is 5.73 Å². The zero-order valence-electron chi connectivity index (χ0n) is 16.4. The van der Waals surface area contributed by atoms with Gasteiger partial charge >= 0.3 is 5.97 Å². The Morgan fingerprint density at radius 3 is 2.20 bits per heavy atom. The molecule has 0 aliphatic rings. The van der Waals surface area contributed by atoms with Crippen molar-refractivity contribution in [2.45, 2.75) is 17.1 Å². The molecule has 3 N–H and O–H groups in total. The van der Waals surface area contributed by atoms with Gasteiger partial charge in [-0.15, -0.1) is 23.1 Å². The van der Waals surface area contributed by atoms with E-state index in [0.717, 1.165) is 21.8 Å². The van der Waals surface area contributed by atoms with Gasteiger partial charge in [0.05, 0.1) is 12.7 Å². The maximum Gasteiger partial charge on any atom is 0.348 e. The summed E-state index contributed by atoms with van der Waals surface area (Å²) in [5, 5.41) is 2.47. The van der Waals surface area contributed by atoms with Gasteiger partial charge in [0.15, 0.2) is 0 Å². The molecule has 0 spiro atoms. The molecule has 0 bridgehead atoms. The minimum absolute atomic E-state index is 0.116. The Hall–Kier alpha value is -3.10. The van der Waals surface area contributed by atoms with Crippen LogP contribution >= 0.6 is 23.1 Å². The number of esters is 1. The Kier molecular flexibility index (Phi) is 6.91.